The van der Waals surface area contributed by atoms with Crippen LogP contribution in [0.2, 0.25) is 5.02 Å². The van der Waals surface area contributed by atoms with Gasteiger partial charge in [-0.1, -0.05) is 23.7 Å². The molecule has 1 heterocycles. The van der Waals surface area contributed by atoms with Crippen LogP contribution < -0.4 is 9.86 Å². The second kappa shape index (κ2) is 7.50. The van der Waals surface area contributed by atoms with Crippen LogP contribution in [0.3, 0.4) is 0 Å². The van der Waals surface area contributed by atoms with Gasteiger partial charge in [-0.3, -0.25) is 0 Å². The topological polar surface area (TPSA) is 106 Å². The van der Waals surface area contributed by atoms with Crippen molar-refractivity contribution in [2.75, 3.05) is 6.54 Å². The fourth-order valence-corrected chi connectivity index (χ4v) is 6.25. The average molecular weight is 445 g/mol. The first-order valence-electron chi connectivity index (χ1n) is 7.88. The Morgan fingerprint density at radius 3 is 2.37 bits per heavy atom. The van der Waals surface area contributed by atoms with E-state index in [1.165, 1.54) is 23.5 Å². The Kier molecular flexibility index (Phi) is 5.62. The molecule has 0 spiro atoms. The summed E-state index contributed by atoms with van der Waals surface area (Å²) in [4.78, 5) is 0.955. The van der Waals surface area contributed by atoms with Gasteiger partial charge >= 0.3 is 0 Å². The van der Waals surface area contributed by atoms with Crippen LogP contribution in [0.25, 0.3) is 10.1 Å². The van der Waals surface area contributed by atoms with Crippen molar-refractivity contribution >= 4 is 53.1 Å². The van der Waals surface area contributed by atoms with Crippen LogP contribution in [-0.2, 0) is 26.5 Å². The minimum Gasteiger partial charge on any atom is -0.225 e. The third-order valence-corrected chi connectivity index (χ3v) is 8.02. The quantitative estimate of drug-likeness (QED) is 0.609. The fraction of sp³-hybridized carbons (Fsp3) is 0.176. The van der Waals surface area contributed by atoms with Gasteiger partial charge in [0.25, 0.3) is 0 Å². The molecule has 0 aliphatic heterocycles. The van der Waals surface area contributed by atoms with Crippen LogP contribution in [0.1, 0.15) is 10.4 Å². The normalized spacial score (nSPS) is 12.6. The highest BCUT2D eigenvalue weighted by Gasteiger charge is 2.22. The Labute approximate surface area is 167 Å². The van der Waals surface area contributed by atoms with E-state index in [1.54, 1.807) is 37.3 Å². The van der Waals surface area contributed by atoms with Gasteiger partial charge in [0.2, 0.25) is 20.0 Å². The number of hydrogen-bond acceptors (Lipinski definition) is 5. The molecule has 3 N–H and O–H groups in total. The predicted molar refractivity (Wildman–Crippen MR) is 108 cm³/mol. The molecule has 6 nitrogen and oxygen atoms in total. The SMILES string of the molecule is Cc1sc2ccc(Cl)cc2c1S(=O)(=O)NCCc1ccc(S(N)(=O)=O)cc1. The summed E-state index contributed by atoms with van der Waals surface area (Å²) >= 11 is 7.42. The smallest absolute Gasteiger partial charge is 0.225 e. The zero-order chi connectivity index (χ0) is 19.8. The molecular formula is C17H17ClN2O4S3. The molecule has 27 heavy (non-hydrogen) atoms. The van der Waals surface area contributed by atoms with E-state index in [2.05, 4.69) is 4.72 Å². The number of nitrogens with two attached hydrogens (primary N) is 1. The van der Waals surface area contributed by atoms with Crippen molar-refractivity contribution in [3.63, 3.8) is 0 Å². The summed E-state index contributed by atoms with van der Waals surface area (Å²) in [5.74, 6) is 0. The number of rotatable bonds is 6. The van der Waals surface area contributed by atoms with Gasteiger partial charge in [-0.15, -0.1) is 11.3 Å². The lowest BCUT2D eigenvalue weighted by Crippen LogP contribution is -2.26. The zero-order valence-electron chi connectivity index (χ0n) is 14.3. The summed E-state index contributed by atoms with van der Waals surface area (Å²) in [6, 6.07) is 11.2. The van der Waals surface area contributed by atoms with Crippen molar-refractivity contribution in [1.29, 1.82) is 0 Å². The van der Waals surface area contributed by atoms with Crippen molar-refractivity contribution in [3.8, 4) is 0 Å². The maximum absolute atomic E-state index is 12.8. The summed E-state index contributed by atoms with van der Waals surface area (Å²) in [5.41, 5.74) is 0.792. The van der Waals surface area contributed by atoms with Gasteiger partial charge in [0.15, 0.2) is 0 Å². The van der Waals surface area contributed by atoms with Crippen molar-refractivity contribution in [1.82, 2.24) is 4.72 Å². The highest BCUT2D eigenvalue weighted by atomic mass is 35.5. The lowest BCUT2D eigenvalue weighted by atomic mass is 10.2. The van der Waals surface area contributed by atoms with Gasteiger partial charge < -0.3 is 0 Å². The van der Waals surface area contributed by atoms with Gasteiger partial charge in [0.05, 0.1) is 4.90 Å². The van der Waals surface area contributed by atoms with Gasteiger partial charge in [-0.05, 0) is 49.2 Å². The molecule has 10 heteroatoms. The molecule has 2 aromatic carbocycles. The minimum atomic E-state index is -3.74. The summed E-state index contributed by atoms with van der Waals surface area (Å²) in [7, 11) is -7.45. The van der Waals surface area contributed by atoms with Crippen LogP contribution in [0.4, 0.5) is 0 Å². The molecule has 0 unspecified atom stereocenters. The number of primary sulfonamides is 1. The molecule has 0 atom stereocenters. The molecule has 0 aliphatic carbocycles. The van der Waals surface area contributed by atoms with Crippen molar-refractivity contribution < 1.29 is 16.8 Å². The minimum absolute atomic E-state index is 0.0177. The van der Waals surface area contributed by atoms with Crippen LogP contribution in [0.15, 0.2) is 52.3 Å². The first kappa shape index (κ1) is 20.2. The lowest BCUT2D eigenvalue weighted by Gasteiger charge is -2.08. The molecule has 0 saturated carbocycles. The Balaban J connectivity index is 1.76. The second-order valence-corrected chi connectivity index (χ2v) is 10.9. The predicted octanol–water partition coefficient (Wildman–Crippen LogP) is 3.03. The Bertz CT molecular complexity index is 1200. The molecule has 3 rings (SSSR count). The first-order valence-corrected chi connectivity index (χ1v) is 12.1. The molecule has 144 valence electrons. The molecule has 0 saturated heterocycles. The van der Waals surface area contributed by atoms with Crippen LogP contribution >= 0.6 is 22.9 Å². The fourth-order valence-electron chi connectivity index (χ4n) is 2.75. The monoisotopic (exact) mass is 444 g/mol. The summed E-state index contributed by atoms with van der Waals surface area (Å²) in [5, 5.41) is 6.15. The third-order valence-electron chi connectivity index (χ3n) is 4.00. The summed E-state index contributed by atoms with van der Waals surface area (Å²) in [6.07, 6.45) is 0.409. The van der Waals surface area contributed by atoms with Crippen molar-refractivity contribution in [2.24, 2.45) is 5.14 Å². The third kappa shape index (κ3) is 4.50. The molecule has 0 aliphatic rings. The van der Waals surface area contributed by atoms with Gasteiger partial charge in [0.1, 0.15) is 4.90 Å². The van der Waals surface area contributed by atoms with E-state index >= 15 is 0 Å². The van der Waals surface area contributed by atoms with Gasteiger partial charge in [-0.2, -0.15) is 0 Å². The lowest BCUT2D eigenvalue weighted by molar-refractivity contribution is 0.582. The Morgan fingerprint density at radius 2 is 1.74 bits per heavy atom. The standard InChI is InChI=1S/C17H17ClN2O4S3/c1-11-17(15-10-13(18)4-7-16(15)25-11)27(23,24)20-9-8-12-2-5-14(6-3-12)26(19,21)22/h2-7,10,20H,8-9H2,1H3,(H2,19,21,22). The van der Waals surface area contributed by atoms with E-state index in [-0.39, 0.29) is 16.3 Å². The van der Waals surface area contributed by atoms with Gasteiger partial charge in [0, 0.05) is 26.5 Å². The Hall–Kier alpha value is -1.49. The number of hydrogen-bond donors (Lipinski definition) is 2. The second-order valence-electron chi connectivity index (χ2n) is 5.96. The molecular weight excluding hydrogens is 428 g/mol. The van der Waals surface area contributed by atoms with Crippen molar-refractivity contribution in [2.45, 2.75) is 23.1 Å². The molecule has 1 aromatic heterocycles. The molecule has 0 fully saturated rings. The number of fused-ring (bicyclic) bond motifs is 1. The average Bonchev–Trinajstić information content (AvgIpc) is 2.90. The maximum atomic E-state index is 12.8. The Morgan fingerprint density at radius 1 is 1.07 bits per heavy atom. The highest BCUT2D eigenvalue weighted by molar-refractivity contribution is 7.90. The number of aryl methyl sites for hydroxylation is 1. The van der Waals surface area contributed by atoms with Crippen LogP contribution in [0, 0.1) is 6.92 Å². The van der Waals surface area contributed by atoms with E-state index in [0.29, 0.717) is 21.7 Å². The maximum Gasteiger partial charge on any atom is 0.242 e. The zero-order valence-corrected chi connectivity index (χ0v) is 17.5. The number of nitrogens with one attached hydrogen (secondary N) is 1. The summed E-state index contributed by atoms with van der Waals surface area (Å²) < 4.78 is 51.5. The van der Waals surface area contributed by atoms with E-state index in [0.717, 1.165) is 10.3 Å². The molecule has 3 aromatic rings. The first-order chi connectivity index (χ1) is 12.6. The van der Waals surface area contributed by atoms with E-state index in [4.69, 9.17) is 16.7 Å². The number of sulfonamides is 2. The van der Waals surface area contributed by atoms with Gasteiger partial charge in [-0.25, -0.2) is 26.7 Å². The van der Waals surface area contributed by atoms with Crippen molar-refractivity contribution in [3.05, 3.63) is 57.9 Å². The largest absolute Gasteiger partial charge is 0.242 e. The number of halogens is 1. The van der Waals surface area contributed by atoms with E-state index < -0.39 is 20.0 Å². The number of benzene rings is 2. The number of thiophene rings is 1. The molecule has 0 amide bonds. The van der Waals surface area contributed by atoms with E-state index in [1.807, 2.05) is 0 Å². The van der Waals surface area contributed by atoms with Crippen LogP contribution in [0.5, 0.6) is 0 Å². The molecule has 0 radical (unpaired) electrons. The van der Waals surface area contributed by atoms with Crippen LogP contribution in [-0.4, -0.2) is 23.4 Å². The highest BCUT2D eigenvalue weighted by Crippen LogP contribution is 2.35. The van der Waals surface area contributed by atoms with E-state index in [9.17, 15) is 16.8 Å². The summed E-state index contributed by atoms with van der Waals surface area (Å²) in [6.45, 7) is 1.94. The molecule has 0 bridgehead atoms.